The molecule has 0 unspecified atom stereocenters. The van der Waals surface area contributed by atoms with Crippen molar-refractivity contribution in [2.75, 3.05) is 6.61 Å². The number of benzene rings is 1. The first kappa shape index (κ1) is 7.31. The molecule has 62 valence electrons. The number of rotatable bonds is 0. The van der Waals surface area contributed by atoms with Gasteiger partial charge in [-0.25, -0.2) is 0 Å². The van der Waals surface area contributed by atoms with E-state index in [0.29, 0.717) is 12.2 Å². The molecule has 12 heavy (non-hydrogen) atoms. The van der Waals surface area contributed by atoms with Crippen LogP contribution < -0.4 is 0 Å². The lowest BCUT2D eigenvalue weighted by atomic mass is 10.0. The Morgan fingerprint density at radius 1 is 1.33 bits per heavy atom. The molecule has 1 aliphatic rings. The van der Waals surface area contributed by atoms with E-state index in [-0.39, 0.29) is 18.1 Å². The maximum Gasteiger partial charge on any atom is 0.188 e. The van der Waals surface area contributed by atoms with E-state index >= 15 is 0 Å². The first-order chi connectivity index (χ1) is 5.77. The summed E-state index contributed by atoms with van der Waals surface area (Å²) in [5, 5.41) is 9.11. The summed E-state index contributed by atoms with van der Waals surface area (Å²) in [5.41, 5.74) is 1.44. The van der Waals surface area contributed by atoms with Gasteiger partial charge in [0.1, 0.15) is 12.4 Å². The van der Waals surface area contributed by atoms with Crippen molar-refractivity contribution in [3.63, 3.8) is 0 Å². The Morgan fingerprint density at radius 3 is 3.00 bits per heavy atom. The second-order valence-corrected chi connectivity index (χ2v) is 2.76. The molecule has 0 atom stereocenters. The third-order valence-electron chi connectivity index (χ3n) is 1.88. The molecule has 1 N–H and O–H groups in total. The highest BCUT2D eigenvalue weighted by Gasteiger charge is 2.17. The number of hydrogen-bond donors (Lipinski definition) is 1. The summed E-state index contributed by atoms with van der Waals surface area (Å²) in [6.45, 7) is 0.563. The smallest absolute Gasteiger partial charge is 0.188 e. The normalized spacial score (nSPS) is 15.8. The fourth-order valence-corrected chi connectivity index (χ4v) is 1.30. The van der Waals surface area contributed by atoms with Gasteiger partial charge in [-0.05, 0) is 23.8 Å². The summed E-state index contributed by atoms with van der Waals surface area (Å²) in [6, 6.07) is 4.71. The SMILES string of the molecule is O=C1COCc2cc(O)ccc21. The standard InChI is InChI=1S/C9H8O3/c10-7-1-2-8-6(3-7)4-12-5-9(8)11/h1-3,10H,4-5H2. The fraction of sp³-hybridized carbons (Fsp3) is 0.222. The third kappa shape index (κ3) is 1.08. The minimum absolute atomic E-state index is 0.0174. The zero-order valence-corrected chi connectivity index (χ0v) is 6.41. The number of ketones is 1. The van der Waals surface area contributed by atoms with Gasteiger partial charge in [-0.1, -0.05) is 0 Å². The highest BCUT2D eigenvalue weighted by molar-refractivity contribution is 5.99. The third-order valence-corrected chi connectivity index (χ3v) is 1.88. The van der Waals surface area contributed by atoms with E-state index in [2.05, 4.69) is 0 Å². The molecule has 0 spiro atoms. The van der Waals surface area contributed by atoms with Crippen LogP contribution in [0.3, 0.4) is 0 Å². The molecular formula is C9H8O3. The molecule has 1 aliphatic heterocycles. The molecular weight excluding hydrogens is 156 g/mol. The van der Waals surface area contributed by atoms with Crippen LogP contribution in [0.5, 0.6) is 5.75 Å². The molecule has 1 aromatic rings. The second kappa shape index (κ2) is 2.60. The van der Waals surface area contributed by atoms with E-state index < -0.39 is 0 Å². The van der Waals surface area contributed by atoms with Gasteiger partial charge in [0.2, 0.25) is 0 Å². The Balaban J connectivity index is 2.53. The molecule has 1 heterocycles. The predicted molar refractivity (Wildman–Crippen MR) is 42.1 cm³/mol. The molecule has 3 nitrogen and oxygen atoms in total. The Hall–Kier alpha value is -1.35. The van der Waals surface area contributed by atoms with E-state index in [1.165, 1.54) is 6.07 Å². The van der Waals surface area contributed by atoms with Crippen molar-refractivity contribution in [2.24, 2.45) is 0 Å². The van der Waals surface area contributed by atoms with Crippen LogP contribution in [0.1, 0.15) is 15.9 Å². The minimum Gasteiger partial charge on any atom is -0.508 e. The van der Waals surface area contributed by atoms with Gasteiger partial charge < -0.3 is 9.84 Å². The number of hydrogen-bond acceptors (Lipinski definition) is 3. The van der Waals surface area contributed by atoms with E-state index in [0.717, 1.165) is 5.56 Å². The van der Waals surface area contributed by atoms with E-state index in [4.69, 9.17) is 9.84 Å². The number of aromatic hydroxyl groups is 1. The van der Waals surface area contributed by atoms with Crippen molar-refractivity contribution < 1.29 is 14.6 Å². The fourth-order valence-electron chi connectivity index (χ4n) is 1.30. The number of carbonyl (C=O) groups excluding carboxylic acids is 1. The highest BCUT2D eigenvalue weighted by Crippen LogP contribution is 2.21. The first-order valence-electron chi connectivity index (χ1n) is 3.70. The number of carbonyl (C=O) groups is 1. The number of phenols is 1. The van der Waals surface area contributed by atoms with Crippen molar-refractivity contribution in [3.8, 4) is 5.75 Å². The Bertz CT molecular complexity index is 331. The molecule has 3 heteroatoms. The Morgan fingerprint density at radius 2 is 2.17 bits per heavy atom. The molecule has 0 fully saturated rings. The van der Waals surface area contributed by atoms with Crippen LogP contribution in [-0.4, -0.2) is 17.5 Å². The van der Waals surface area contributed by atoms with Gasteiger partial charge in [0.05, 0.1) is 6.61 Å². The number of phenolic OH excluding ortho intramolecular Hbond substituents is 1. The van der Waals surface area contributed by atoms with Crippen LogP contribution in [0.4, 0.5) is 0 Å². The van der Waals surface area contributed by atoms with E-state index in [1.807, 2.05) is 0 Å². The summed E-state index contributed by atoms with van der Waals surface area (Å²) < 4.78 is 5.00. The summed E-state index contributed by atoms with van der Waals surface area (Å²) in [6.07, 6.45) is 0. The summed E-state index contributed by atoms with van der Waals surface area (Å²) in [5.74, 6) is 0.156. The van der Waals surface area contributed by atoms with Crippen LogP contribution in [0, 0.1) is 0 Å². The first-order valence-corrected chi connectivity index (χ1v) is 3.70. The Labute approximate surface area is 69.6 Å². The molecule has 0 saturated carbocycles. The second-order valence-electron chi connectivity index (χ2n) is 2.76. The molecule has 0 aromatic heterocycles. The van der Waals surface area contributed by atoms with Gasteiger partial charge in [0, 0.05) is 5.56 Å². The van der Waals surface area contributed by atoms with Crippen LogP contribution in [-0.2, 0) is 11.3 Å². The van der Waals surface area contributed by atoms with Gasteiger partial charge >= 0.3 is 0 Å². The number of ether oxygens (including phenoxy) is 1. The largest absolute Gasteiger partial charge is 0.508 e. The molecule has 2 rings (SSSR count). The van der Waals surface area contributed by atoms with E-state index in [1.54, 1.807) is 12.1 Å². The quantitative estimate of drug-likeness (QED) is 0.624. The van der Waals surface area contributed by atoms with Gasteiger partial charge in [0.25, 0.3) is 0 Å². The van der Waals surface area contributed by atoms with Crippen LogP contribution in [0.15, 0.2) is 18.2 Å². The molecule has 0 radical (unpaired) electrons. The minimum atomic E-state index is -0.0174. The lowest BCUT2D eigenvalue weighted by Crippen LogP contribution is -2.17. The summed E-state index contributed by atoms with van der Waals surface area (Å²) >= 11 is 0. The lowest BCUT2D eigenvalue weighted by Gasteiger charge is -2.14. The topological polar surface area (TPSA) is 46.5 Å². The van der Waals surface area contributed by atoms with Gasteiger partial charge in [-0.15, -0.1) is 0 Å². The van der Waals surface area contributed by atoms with Gasteiger partial charge in [-0.2, -0.15) is 0 Å². The Kier molecular flexibility index (Phi) is 1.59. The summed E-state index contributed by atoms with van der Waals surface area (Å²) in [4.78, 5) is 11.2. The van der Waals surface area contributed by atoms with Crippen molar-refractivity contribution >= 4 is 5.78 Å². The average molecular weight is 164 g/mol. The van der Waals surface area contributed by atoms with Crippen molar-refractivity contribution in [1.29, 1.82) is 0 Å². The van der Waals surface area contributed by atoms with E-state index in [9.17, 15) is 4.79 Å². The highest BCUT2D eigenvalue weighted by atomic mass is 16.5. The molecule has 0 bridgehead atoms. The predicted octanol–water partition coefficient (Wildman–Crippen LogP) is 1.11. The zero-order chi connectivity index (χ0) is 8.55. The lowest BCUT2D eigenvalue weighted by molar-refractivity contribution is 0.0665. The average Bonchev–Trinajstić information content (AvgIpc) is 2.04. The van der Waals surface area contributed by atoms with Gasteiger partial charge in [-0.3, -0.25) is 4.79 Å². The maximum atomic E-state index is 11.2. The van der Waals surface area contributed by atoms with Crippen molar-refractivity contribution in [3.05, 3.63) is 29.3 Å². The molecule has 0 aliphatic carbocycles. The molecule has 0 amide bonds. The molecule has 0 saturated heterocycles. The van der Waals surface area contributed by atoms with Crippen molar-refractivity contribution in [2.45, 2.75) is 6.61 Å². The maximum absolute atomic E-state index is 11.2. The number of Topliss-reactive ketones (excluding diaryl/α,β-unsaturated/α-hetero) is 1. The zero-order valence-electron chi connectivity index (χ0n) is 6.41. The van der Waals surface area contributed by atoms with Gasteiger partial charge in [0.15, 0.2) is 5.78 Å². The van der Waals surface area contributed by atoms with Crippen LogP contribution in [0.25, 0.3) is 0 Å². The molecule has 1 aromatic carbocycles. The van der Waals surface area contributed by atoms with Crippen LogP contribution >= 0.6 is 0 Å². The van der Waals surface area contributed by atoms with Crippen molar-refractivity contribution in [1.82, 2.24) is 0 Å². The summed E-state index contributed by atoms with van der Waals surface area (Å²) in [7, 11) is 0. The number of fused-ring (bicyclic) bond motifs is 1. The van der Waals surface area contributed by atoms with Crippen LogP contribution in [0.2, 0.25) is 0 Å². The monoisotopic (exact) mass is 164 g/mol.